The summed E-state index contributed by atoms with van der Waals surface area (Å²) in [6.45, 7) is 6.48. The average molecular weight is 348 g/mol. The third-order valence-corrected chi connectivity index (χ3v) is 5.53. The van der Waals surface area contributed by atoms with Crippen molar-refractivity contribution in [1.29, 1.82) is 0 Å². The Balaban J connectivity index is 1.15. The maximum absolute atomic E-state index is 12.9. The quantitative estimate of drug-likeness (QED) is 0.838. The number of carbonyl (C=O) groups excluding carboxylic acids is 1. The lowest BCUT2D eigenvalue weighted by molar-refractivity contribution is -0.110. The van der Waals surface area contributed by atoms with Crippen molar-refractivity contribution in [3.05, 3.63) is 35.6 Å². The molecule has 1 aromatic rings. The molecular weight excluding hydrogens is 323 g/mol. The number of hydrogen-bond donors (Lipinski definition) is 0. The summed E-state index contributed by atoms with van der Waals surface area (Å²) in [7, 11) is 0. The maximum atomic E-state index is 12.9. The first-order valence-corrected chi connectivity index (χ1v) is 9.08. The Kier molecular flexibility index (Phi) is 4.65. The van der Waals surface area contributed by atoms with Gasteiger partial charge in [-0.25, -0.2) is 9.18 Å². The van der Waals surface area contributed by atoms with Crippen molar-refractivity contribution in [3.63, 3.8) is 0 Å². The van der Waals surface area contributed by atoms with E-state index in [1.165, 1.54) is 12.1 Å². The predicted octanol–water partition coefficient (Wildman–Crippen LogP) is 2.51. The number of nitrogens with zero attached hydrogens (tertiary/aromatic N) is 2. The van der Waals surface area contributed by atoms with Gasteiger partial charge in [0, 0.05) is 51.4 Å². The zero-order valence-electron chi connectivity index (χ0n) is 14.5. The van der Waals surface area contributed by atoms with Crippen LogP contribution in [0, 0.1) is 17.2 Å². The molecule has 3 heterocycles. The van der Waals surface area contributed by atoms with E-state index in [0.29, 0.717) is 12.5 Å². The van der Waals surface area contributed by atoms with Crippen LogP contribution in [0.25, 0.3) is 0 Å². The number of benzene rings is 1. The van der Waals surface area contributed by atoms with Gasteiger partial charge in [0.1, 0.15) is 5.82 Å². The summed E-state index contributed by atoms with van der Waals surface area (Å²) in [4.78, 5) is 16.3. The fourth-order valence-corrected chi connectivity index (χ4v) is 4.15. The van der Waals surface area contributed by atoms with Crippen molar-refractivity contribution in [2.24, 2.45) is 11.3 Å². The molecule has 5 nitrogen and oxygen atoms in total. The normalized spacial score (nSPS) is 23.2. The summed E-state index contributed by atoms with van der Waals surface area (Å²) < 4.78 is 23.7. The van der Waals surface area contributed by atoms with E-state index in [0.717, 1.165) is 64.3 Å². The molecule has 1 spiro atoms. The fraction of sp³-hybridized carbons (Fsp3) is 0.632. The first-order valence-electron chi connectivity index (χ1n) is 9.08. The second kappa shape index (κ2) is 6.92. The van der Waals surface area contributed by atoms with Gasteiger partial charge in [0.2, 0.25) is 0 Å². The van der Waals surface area contributed by atoms with E-state index >= 15 is 0 Å². The van der Waals surface area contributed by atoms with Crippen LogP contribution in [-0.4, -0.2) is 61.9 Å². The molecule has 3 saturated heterocycles. The van der Waals surface area contributed by atoms with Gasteiger partial charge in [0.15, 0.2) is 0 Å². The standard InChI is InChI=1S/C19H25FN2O3/c20-17-3-1-15(2-4-17)9-21-11-19(12-21)13-22(14-19)18(23)25-10-16-5-7-24-8-6-16/h1-4,16H,5-14H2. The first-order chi connectivity index (χ1) is 12.1. The van der Waals surface area contributed by atoms with Crippen LogP contribution in [0.3, 0.4) is 0 Å². The van der Waals surface area contributed by atoms with Crippen molar-refractivity contribution in [3.8, 4) is 0 Å². The van der Waals surface area contributed by atoms with Gasteiger partial charge < -0.3 is 14.4 Å². The molecular formula is C19H25FN2O3. The molecule has 3 aliphatic heterocycles. The van der Waals surface area contributed by atoms with Crippen molar-refractivity contribution in [1.82, 2.24) is 9.80 Å². The van der Waals surface area contributed by atoms with Crippen LogP contribution in [0.2, 0.25) is 0 Å². The highest BCUT2D eigenvalue weighted by Gasteiger charge is 2.53. The zero-order valence-corrected chi connectivity index (χ0v) is 14.5. The first kappa shape index (κ1) is 16.8. The highest BCUT2D eigenvalue weighted by atomic mass is 19.1. The zero-order chi connectivity index (χ0) is 17.3. The molecule has 0 aliphatic carbocycles. The van der Waals surface area contributed by atoms with Gasteiger partial charge in [-0.2, -0.15) is 0 Å². The van der Waals surface area contributed by atoms with Crippen molar-refractivity contribution >= 4 is 6.09 Å². The van der Waals surface area contributed by atoms with Gasteiger partial charge in [0.05, 0.1) is 6.61 Å². The molecule has 0 N–H and O–H groups in total. The molecule has 25 heavy (non-hydrogen) atoms. The Morgan fingerprint density at radius 1 is 1.16 bits per heavy atom. The monoisotopic (exact) mass is 348 g/mol. The van der Waals surface area contributed by atoms with Crippen molar-refractivity contribution in [2.45, 2.75) is 19.4 Å². The molecule has 0 saturated carbocycles. The largest absolute Gasteiger partial charge is 0.449 e. The van der Waals surface area contributed by atoms with E-state index in [2.05, 4.69) is 4.90 Å². The summed E-state index contributed by atoms with van der Waals surface area (Å²) in [6, 6.07) is 6.68. The molecule has 0 unspecified atom stereocenters. The van der Waals surface area contributed by atoms with Crippen LogP contribution in [-0.2, 0) is 16.0 Å². The highest BCUT2D eigenvalue weighted by Crippen LogP contribution is 2.40. The fourth-order valence-electron chi connectivity index (χ4n) is 4.15. The van der Waals surface area contributed by atoms with E-state index in [-0.39, 0.29) is 17.3 Å². The van der Waals surface area contributed by atoms with Gasteiger partial charge in [0.25, 0.3) is 0 Å². The molecule has 0 aromatic heterocycles. The summed E-state index contributed by atoms with van der Waals surface area (Å²) >= 11 is 0. The number of halogens is 1. The van der Waals surface area contributed by atoms with E-state index in [1.54, 1.807) is 0 Å². The second-order valence-electron chi connectivity index (χ2n) is 7.76. The van der Waals surface area contributed by atoms with Crippen LogP contribution in [0.4, 0.5) is 9.18 Å². The number of hydrogen-bond acceptors (Lipinski definition) is 4. The summed E-state index contributed by atoms with van der Waals surface area (Å²) in [5, 5.41) is 0. The van der Waals surface area contributed by atoms with Crippen LogP contribution in [0.15, 0.2) is 24.3 Å². The molecule has 0 bridgehead atoms. The lowest BCUT2D eigenvalue weighted by Gasteiger charge is -2.59. The predicted molar refractivity (Wildman–Crippen MR) is 90.6 cm³/mol. The Hall–Kier alpha value is -1.66. The van der Waals surface area contributed by atoms with Crippen LogP contribution in [0.5, 0.6) is 0 Å². The number of carbonyl (C=O) groups is 1. The number of likely N-dealkylation sites (tertiary alicyclic amines) is 2. The van der Waals surface area contributed by atoms with Crippen LogP contribution >= 0.6 is 0 Å². The minimum atomic E-state index is -0.197. The van der Waals surface area contributed by atoms with Gasteiger partial charge >= 0.3 is 6.09 Å². The number of rotatable bonds is 4. The summed E-state index contributed by atoms with van der Waals surface area (Å²) in [6.07, 6.45) is 1.79. The van der Waals surface area contributed by atoms with Gasteiger partial charge in [-0.3, -0.25) is 4.90 Å². The molecule has 6 heteroatoms. The minimum Gasteiger partial charge on any atom is -0.449 e. The van der Waals surface area contributed by atoms with E-state index in [9.17, 15) is 9.18 Å². The number of ether oxygens (including phenoxy) is 2. The van der Waals surface area contributed by atoms with Gasteiger partial charge in [-0.1, -0.05) is 12.1 Å². The van der Waals surface area contributed by atoms with Crippen LogP contribution < -0.4 is 0 Å². The molecule has 1 amide bonds. The topological polar surface area (TPSA) is 42.0 Å². The van der Waals surface area contributed by atoms with Gasteiger partial charge in [-0.15, -0.1) is 0 Å². The molecule has 1 aromatic carbocycles. The molecule has 3 aliphatic rings. The Bertz CT molecular complexity index is 602. The summed E-state index contributed by atoms with van der Waals surface area (Å²) in [5.41, 5.74) is 1.38. The van der Waals surface area contributed by atoms with Crippen molar-refractivity contribution < 1.29 is 18.7 Å². The number of amides is 1. The molecule has 0 radical (unpaired) electrons. The second-order valence-corrected chi connectivity index (χ2v) is 7.76. The summed E-state index contributed by atoms with van der Waals surface area (Å²) in [5.74, 6) is 0.251. The highest BCUT2D eigenvalue weighted by molar-refractivity contribution is 5.69. The third kappa shape index (κ3) is 3.80. The molecule has 3 fully saturated rings. The average Bonchev–Trinajstić information content (AvgIpc) is 2.56. The lowest BCUT2D eigenvalue weighted by atomic mass is 9.73. The Labute approximate surface area is 147 Å². The van der Waals surface area contributed by atoms with E-state index in [1.807, 2.05) is 17.0 Å². The molecule has 136 valence electrons. The minimum absolute atomic E-state index is 0.172. The van der Waals surface area contributed by atoms with Gasteiger partial charge in [-0.05, 0) is 36.5 Å². The SMILES string of the molecule is O=C(OCC1CCOCC1)N1CC2(CN(Cc3ccc(F)cc3)C2)C1. The van der Waals surface area contributed by atoms with E-state index in [4.69, 9.17) is 9.47 Å². The molecule has 0 atom stereocenters. The van der Waals surface area contributed by atoms with Crippen LogP contribution in [0.1, 0.15) is 18.4 Å². The lowest BCUT2D eigenvalue weighted by Crippen LogP contribution is -2.72. The maximum Gasteiger partial charge on any atom is 0.409 e. The Morgan fingerprint density at radius 2 is 1.84 bits per heavy atom. The third-order valence-electron chi connectivity index (χ3n) is 5.53. The smallest absolute Gasteiger partial charge is 0.409 e. The van der Waals surface area contributed by atoms with E-state index < -0.39 is 0 Å². The van der Waals surface area contributed by atoms with Crippen molar-refractivity contribution in [2.75, 3.05) is 46.0 Å². The Morgan fingerprint density at radius 3 is 2.52 bits per heavy atom. The molecule has 4 rings (SSSR count).